The summed E-state index contributed by atoms with van der Waals surface area (Å²) in [7, 11) is 0. The van der Waals surface area contributed by atoms with Gasteiger partial charge in [0.15, 0.2) is 5.78 Å². The number of anilines is 2. The van der Waals surface area contributed by atoms with Crippen LogP contribution in [-0.4, -0.2) is 53.9 Å². The van der Waals surface area contributed by atoms with Gasteiger partial charge in [0, 0.05) is 55.5 Å². The maximum atomic E-state index is 13.0. The Hall–Kier alpha value is -3.35. The summed E-state index contributed by atoms with van der Waals surface area (Å²) in [6.45, 7) is 10.5. The number of halogens is 1. The van der Waals surface area contributed by atoms with Crippen molar-refractivity contribution in [2.24, 2.45) is 0 Å². The first-order chi connectivity index (χ1) is 17.3. The molecule has 0 atom stereocenters. The fourth-order valence-electron chi connectivity index (χ4n) is 4.61. The molecule has 2 N–H and O–H groups in total. The topological polar surface area (TPSA) is 72.9 Å². The van der Waals surface area contributed by atoms with Crippen molar-refractivity contribution in [3.8, 4) is 5.75 Å². The van der Waals surface area contributed by atoms with E-state index in [0.717, 1.165) is 43.9 Å². The lowest BCUT2D eigenvalue weighted by Gasteiger charge is -2.25. The molecule has 196 valence electrons. The van der Waals surface area contributed by atoms with Gasteiger partial charge in [0.2, 0.25) is 0 Å². The zero-order valence-electron chi connectivity index (χ0n) is 21.7. The van der Waals surface area contributed by atoms with E-state index in [1.54, 1.807) is 24.3 Å². The number of rotatable bonds is 7. The number of phenolic OH excluding ortho intramolecular Hbond substituents is 1. The molecule has 0 aromatic heterocycles. The van der Waals surface area contributed by atoms with Gasteiger partial charge in [-0.1, -0.05) is 42.0 Å². The molecule has 0 spiro atoms. The Kier molecular flexibility index (Phi) is 9.73. The van der Waals surface area contributed by atoms with Gasteiger partial charge in [0.1, 0.15) is 5.75 Å². The number of hydrogen-bond donors (Lipinski definition) is 2. The molecule has 3 aromatic carbocycles. The largest absolute Gasteiger partial charge is 0.506 e. The summed E-state index contributed by atoms with van der Waals surface area (Å²) in [6, 6.07) is 20.5. The molecule has 0 radical (unpaired) electrons. The van der Waals surface area contributed by atoms with Crippen molar-refractivity contribution < 1.29 is 14.7 Å². The van der Waals surface area contributed by atoms with E-state index in [9.17, 15) is 14.7 Å². The van der Waals surface area contributed by atoms with Gasteiger partial charge in [-0.25, -0.2) is 0 Å². The Morgan fingerprint density at radius 2 is 1.57 bits per heavy atom. The molecule has 6 nitrogen and oxygen atoms in total. The second-order valence-corrected chi connectivity index (χ2v) is 9.75. The van der Waals surface area contributed by atoms with Crippen molar-refractivity contribution in [1.82, 2.24) is 4.90 Å². The van der Waals surface area contributed by atoms with Crippen LogP contribution in [0.25, 0.3) is 0 Å². The van der Waals surface area contributed by atoms with Crippen molar-refractivity contribution >= 4 is 35.5 Å². The smallest absolute Gasteiger partial charge is 0.255 e. The van der Waals surface area contributed by atoms with Crippen LogP contribution < -0.4 is 10.2 Å². The molecule has 37 heavy (non-hydrogen) atoms. The predicted molar refractivity (Wildman–Crippen MR) is 153 cm³/mol. The minimum absolute atomic E-state index is 0. The molecule has 7 heteroatoms. The third-order valence-corrected chi connectivity index (χ3v) is 6.85. The Labute approximate surface area is 225 Å². The number of aromatic hydroxyl groups is 1. The monoisotopic (exact) mass is 521 g/mol. The fraction of sp³-hybridized carbons (Fsp3) is 0.333. The molecule has 0 saturated carbocycles. The van der Waals surface area contributed by atoms with Gasteiger partial charge in [-0.3, -0.25) is 14.5 Å². The van der Waals surface area contributed by atoms with E-state index in [1.165, 1.54) is 6.07 Å². The van der Waals surface area contributed by atoms with E-state index in [-0.39, 0.29) is 42.0 Å². The number of para-hydroxylation sites is 1. The maximum absolute atomic E-state index is 13.0. The molecular formula is C30H36ClN3O3. The quantitative estimate of drug-likeness (QED) is 0.307. The van der Waals surface area contributed by atoms with Crippen molar-refractivity contribution in [1.29, 1.82) is 0 Å². The SMILES string of the molecule is Cc1ccc(C(=O)Cc2cccc(O)c2NC(=O)c2ccc(N3CCCN(C(C)C)CC3)cc2)cc1.Cl. The van der Waals surface area contributed by atoms with Crippen LogP contribution in [0.1, 0.15) is 52.1 Å². The Morgan fingerprint density at radius 3 is 2.24 bits per heavy atom. The van der Waals surface area contributed by atoms with Crippen LogP contribution in [0.3, 0.4) is 0 Å². The van der Waals surface area contributed by atoms with E-state index in [4.69, 9.17) is 0 Å². The van der Waals surface area contributed by atoms with Crippen LogP contribution in [0.5, 0.6) is 5.75 Å². The molecule has 3 aromatic rings. The number of carbonyl (C=O) groups is 2. The number of hydrogen-bond acceptors (Lipinski definition) is 5. The van der Waals surface area contributed by atoms with Crippen LogP contribution in [-0.2, 0) is 6.42 Å². The summed E-state index contributed by atoms with van der Waals surface area (Å²) in [5.41, 5.74) is 4.12. The van der Waals surface area contributed by atoms with E-state index >= 15 is 0 Å². The molecule has 1 aliphatic heterocycles. The van der Waals surface area contributed by atoms with E-state index in [1.807, 2.05) is 43.3 Å². The van der Waals surface area contributed by atoms with Crippen LogP contribution in [0.15, 0.2) is 66.7 Å². The third kappa shape index (κ3) is 7.12. The number of aryl methyl sites for hydroxylation is 1. The Morgan fingerprint density at radius 1 is 0.892 bits per heavy atom. The number of nitrogens with zero attached hydrogens (tertiary/aromatic N) is 2. The van der Waals surface area contributed by atoms with E-state index in [0.29, 0.717) is 22.7 Å². The molecule has 4 rings (SSSR count). The highest BCUT2D eigenvalue weighted by atomic mass is 35.5. The minimum atomic E-state index is -0.325. The lowest BCUT2D eigenvalue weighted by molar-refractivity contribution is 0.0989. The molecule has 1 heterocycles. The summed E-state index contributed by atoms with van der Waals surface area (Å²) in [6.07, 6.45) is 1.19. The molecule has 0 unspecified atom stereocenters. The van der Waals surface area contributed by atoms with Gasteiger partial charge in [0.25, 0.3) is 5.91 Å². The highest BCUT2D eigenvalue weighted by Crippen LogP contribution is 2.29. The molecular weight excluding hydrogens is 486 g/mol. The first-order valence-corrected chi connectivity index (χ1v) is 12.6. The molecule has 1 saturated heterocycles. The van der Waals surface area contributed by atoms with E-state index < -0.39 is 0 Å². The number of benzene rings is 3. The normalized spacial score (nSPS) is 14.1. The number of amides is 1. The van der Waals surface area contributed by atoms with Crippen molar-refractivity contribution in [2.45, 2.75) is 39.7 Å². The molecule has 1 fully saturated rings. The first-order valence-electron chi connectivity index (χ1n) is 12.6. The van der Waals surface area contributed by atoms with Crippen molar-refractivity contribution in [2.75, 3.05) is 36.4 Å². The second-order valence-electron chi connectivity index (χ2n) is 9.75. The number of carbonyl (C=O) groups excluding carboxylic acids is 2. The van der Waals surface area contributed by atoms with Crippen LogP contribution in [0, 0.1) is 6.92 Å². The molecule has 0 aliphatic carbocycles. The van der Waals surface area contributed by atoms with Gasteiger partial charge in [-0.2, -0.15) is 0 Å². The van der Waals surface area contributed by atoms with Crippen LogP contribution >= 0.6 is 12.4 Å². The third-order valence-electron chi connectivity index (χ3n) is 6.85. The van der Waals surface area contributed by atoms with Gasteiger partial charge >= 0.3 is 0 Å². The average Bonchev–Trinajstić information content (AvgIpc) is 3.13. The van der Waals surface area contributed by atoms with Gasteiger partial charge < -0.3 is 15.3 Å². The number of ketones is 1. The van der Waals surface area contributed by atoms with Crippen LogP contribution in [0.4, 0.5) is 11.4 Å². The first kappa shape index (κ1) is 28.2. The number of nitrogens with one attached hydrogen (secondary N) is 1. The predicted octanol–water partition coefficient (Wildman–Crippen LogP) is 5.72. The van der Waals surface area contributed by atoms with Crippen LogP contribution in [0.2, 0.25) is 0 Å². The van der Waals surface area contributed by atoms with Gasteiger partial charge in [-0.15, -0.1) is 12.4 Å². The summed E-state index contributed by atoms with van der Waals surface area (Å²) in [4.78, 5) is 30.7. The lowest BCUT2D eigenvalue weighted by Crippen LogP contribution is -2.35. The Bertz CT molecular complexity index is 1210. The zero-order valence-corrected chi connectivity index (χ0v) is 22.6. The standard InChI is InChI=1S/C30H35N3O3.ClH/c1-21(2)32-16-5-17-33(19-18-32)26-14-12-24(13-15-26)30(36)31-29-25(6-4-7-27(29)34)20-28(35)23-10-8-22(3)9-11-23;/h4,6-15,21,34H,5,16-20H2,1-3H3,(H,31,36);1H. The summed E-state index contributed by atoms with van der Waals surface area (Å²) < 4.78 is 0. The minimum Gasteiger partial charge on any atom is -0.506 e. The lowest BCUT2D eigenvalue weighted by atomic mass is 10.00. The average molecular weight is 522 g/mol. The highest BCUT2D eigenvalue weighted by molar-refractivity contribution is 6.06. The summed E-state index contributed by atoms with van der Waals surface area (Å²) in [5, 5.41) is 13.3. The molecule has 1 amide bonds. The highest BCUT2D eigenvalue weighted by Gasteiger charge is 2.19. The zero-order chi connectivity index (χ0) is 25.7. The summed E-state index contributed by atoms with van der Waals surface area (Å²) in [5.74, 6) is -0.462. The molecule has 1 aliphatic rings. The summed E-state index contributed by atoms with van der Waals surface area (Å²) >= 11 is 0. The van der Waals surface area contributed by atoms with Gasteiger partial charge in [0.05, 0.1) is 5.69 Å². The van der Waals surface area contributed by atoms with Gasteiger partial charge in [-0.05, 0) is 63.1 Å². The van der Waals surface area contributed by atoms with E-state index in [2.05, 4.69) is 29.0 Å². The Balaban J connectivity index is 0.00000380. The second kappa shape index (κ2) is 12.7. The molecule has 0 bridgehead atoms. The maximum Gasteiger partial charge on any atom is 0.255 e. The number of phenols is 1. The van der Waals surface area contributed by atoms with Crippen molar-refractivity contribution in [3.05, 3.63) is 89.0 Å². The van der Waals surface area contributed by atoms with Crippen molar-refractivity contribution in [3.63, 3.8) is 0 Å². The fourth-order valence-corrected chi connectivity index (χ4v) is 4.61. The number of Topliss-reactive ketones (excluding diaryl/α,β-unsaturated/α-hetero) is 1.